The molecule has 1 heterocycles. The highest BCUT2D eigenvalue weighted by molar-refractivity contribution is 6.10. The van der Waals surface area contributed by atoms with Crippen molar-refractivity contribution in [3.05, 3.63) is 224 Å². The number of nitrogens with zero attached hydrogens (tertiary/aromatic N) is 1. The van der Waals surface area contributed by atoms with Gasteiger partial charge >= 0.3 is 0 Å². The van der Waals surface area contributed by atoms with Crippen molar-refractivity contribution in [3.8, 4) is 55.6 Å². The highest BCUT2D eigenvalue weighted by Gasteiger charge is 2.21. The molecule has 9 aromatic carbocycles. The predicted molar refractivity (Wildman–Crippen MR) is 236 cm³/mol. The Balaban J connectivity index is 1.14. The minimum Gasteiger partial charge on any atom is -0.454 e. The van der Waals surface area contributed by atoms with Crippen molar-refractivity contribution in [2.24, 2.45) is 0 Å². The molecule has 2 nitrogen and oxygen atoms in total. The van der Waals surface area contributed by atoms with E-state index in [4.69, 9.17) is 4.42 Å². The van der Waals surface area contributed by atoms with Gasteiger partial charge in [0, 0.05) is 22.1 Å². The van der Waals surface area contributed by atoms with Gasteiger partial charge in [-0.15, -0.1) is 0 Å². The van der Waals surface area contributed by atoms with Gasteiger partial charge in [-0.25, -0.2) is 0 Å². The number of benzene rings is 9. The van der Waals surface area contributed by atoms with Crippen LogP contribution in [0.2, 0.25) is 0 Å². The molecule has 0 saturated carbocycles. The quantitative estimate of drug-likeness (QED) is 0.156. The molecular weight excluding hydrogens is 679 g/mol. The summed E-state index contributed by atoms with van der Waals surface area (Å²) in [6, 6.07) is 80.0. The van der Waals surface area contributed by atoms with Crippen LogP contribution in [-0.2, 0) is 0 Å². The number of anilines is 3. The number of fused-ring (bicyclic) bond motifs is 3. The van der Waals surface area contributed by atoms with Crippen LogP contribution in [0.1, 0.15) is 0 Å². The van der Waals surface area contributed by atoms with E-state index in [2.05, 4.69) is 217 Å². The highest BCUT2D eigenvalue weighted by Crippen LogP contribution is 2.46. The molecule has 56 heavy (non-hydrogen) atoms. The van der Waals surface area contributed by atoms with E-state index in [9.17, 15) is 0 Å². The van der Waals surface area contributed by atoms with Gasteiger partial charge in [0.2, 0.25) is 0 Å². The van der Waals surface area contributed by atoms with Crippen LogP contribution in [0.15, 0.2) is 229 Å². The average Bonchev–Trinajstić information content (AvgIpc) is 3.67. The Morgan fingerprint density at radius 3 is 1.36 bits per heavy atom. The molecule has 264 valence electrons. The van der Waals surface area contributed by atoms with Crippen LogP contribution in [0.4, 0.5) is 17.1 Å². The first-order valence-electron chi connectivity index (χ1n) is 19.1. The summed E-state index contributed by atoms with van der Waals surface area (Å²) >= 11 is 0. The number of furan rings is 1. The molecule has 0 fully saturated rings. The Morgan fingerprint density at radius 2 is 0.714 bits per heavy atom. The minimum absolute atomic E-state index is 0.861. The van der Waals surface area contributed by atoms with E-state index in [1.807, 2.05) is 12.1 Å². The Bertz CT molecular complexity index is 2930. The van der Waals surface area contributed by atoms with Gasteiger partial charge in [-0.3, -0.25) is 0 Å². The summed E-state index contributed by atoms with van der Waals surface area (Å²) in [6.07, 6.45) is 0. The van der Waals surface area contributed by atoms with Crippen LogP contribution in [0.3, 0.4) is 0 Å². The highest BCUT2D eigenvalue weighted by atomic mass is 16.3. The van der Waals surface area contributed by atoms with Crippen molar-refractivity contribution < 1.29 is 4.42 Å². The molecule has 0 N–H and O–H groups in total. The van der Waals surface area contributed by atoms with E-state index in [1.54, 1.807) is 0 Å². The molecule has 0 aliphatic heterocycles. The summed E-state index contributed by atoms with van der Waals surface area (Å²) in [6.45, 7) is 0. The largest absolute Gasteiger partial charge is 0.454 e. The SMILES string of the molecule is c1ccc(-c2ccc(N(c3ccc(-c4cccc(-c5ccccc5)c4-c4ccccc4-c4ccccc4)cc3)c3cccc4c3oc3ccccc34)cc2)cc1. The summed E-state index contributed by atoms with van der Waals surface area (Å²) < 4.78 is 6.62. The Kier molecular flexibility index (Phi) is 8.55. The van der Waals surface area contributed by atoms with Gasteiger partial charge in [0.05, 0.1) is 5.69 Å². The maximum absolute atomic E-state index is 6.62. The molecule has 0 spiro atoms. The first-order valence-corrected chi connectivity index (χ1v) is 19.1. The molecule has 0 radical (unpaired) electrons. The zero-order valence-electron chi connectivity index (χ0n) is 30.7. The lowest BCUT2D eigenvalue weighted by Gasteiger charge is -2.26. The smallest absolute Gasteiger partial charge is 0.159 e. The van der Waals surface area contributed by atoms with Crippen molar-refractivity contribution >= 4 is 39.0 Å². The topological polar surface area (TPSA) is 16.4 Å². The van der Waals surface area contributed by atoms with Crippen molar-refractivity contribution in [1.82, 2.24) is 0 Å². The summed E-state index contributed by atoms with van der Waals surface area (Å²) in [7, 11) is 0. The molecule has 0 atom stereocenters. The van der Waals surface area contributed by atoms with Gasteiger partial charge < -0.3 is 9.32 Å². The molecule has 0 aliphatic rings. The van der Waals surface area contributed by atoms with E-state index >= 15 is 0 Å². The molecule has 0 amide bonds. The molecule has 0 unspecified atom stereocenters. The van der Waals surface area contributed by atoms with Gasteiger partial charge in [-0.1, -0.05) is 188 Å². The van der Waals surface area contributed by atoms with Crippen molar-refractivity contribution in [2.75, 3.05) is 4.90 Å². The second-order valence-corrected chi connectivity index (χ2v) is 14.1. The molecule has 0 saturated heterocycles. The van der Waals surface area contributed by atoms with Crippen LogP contribution < -0.4 is 4.90 Å². The van der Waals surface area contributed by atoms with Crippen LogP contribution in [0, 0.1) is 0 Å². The first-order chi connectivity index (χ1) is 27.8. The van der Waals surface area contributed by atoms with Gasteiger partial charge in [0.1, 0.15) is 5.58 Å². The van der Waals surface area contributed by atoms with Crippen molar-refractivity contribution in [1.29, 1.82) is 0 Å². The lowest BCUT2D eigenvalue weighted by molar-refractivity contribution is 0.669. The van der Waals surface area contributed by atoms with Gasteiger partial charge in [-0.2, -0.15) is 0 Å². The molecule has 10 rings (SSSR count). The minimum atomic E-state index is 0.861. The summed E-state index contributed by atoms with van der Waals surface area (Å²) in [5.41, 5.74) is 16.7. The predicted octanol–water partition coefficient (Wildman–Crippen LogP) is 15.4. The first kappa shape index (κ1) is 33.2. The van der Waals surface area contributed by atoms with E-state index in [0.717, 1.165) is 44.6 Å². The van der Waals surface area contributed by atoms with Crippen LogP contribution in [0.25, 0.3) is 77.6 Å². The van der Waals surface area contributed by atoms with E-state index in [1.165, 1.54) is 50.1 Å². The molecule has 0 bridgehead atoms. The summed E-state index contributed by atoms with van der Waals surface area (Å²) in [4.78, 5) is 2.31. The molecule has 2 heteroatoms. The zero-order valence-corrected chi connectivity index (χ0v) is 30.7. The van der Waals surface area contributed by atoms with Gasteiger partial charge in [0.25, 0.3) is 0 Å². The molecule has 1 aromatic heterocycles. The maximum atomic E-state index is 6.62. The Morgan fingerprint density at radius 1 is 0.286 bits per heavy atom. The molecular formula is C54H37NO. The Hall–Kier alpha value is -7.42. The van der Waals surface area contributed by atoms with E-state index in [-0.39, 0.29) is 0 Å². The van der Waals surface area contributed by atoms with Crippen LogP contribution >= 0.6 is 0 Å². The third-order valence-electron chi connectivity index (χ3n) is 10.7. The van der Waals surface area contributed by atoms with Gasteiger partial charge in [0.15, 0.2) is 5.58 Å². The monoisotopic (exact) mass is 715 g/mol. The lowest BCUT2D eigenvalue weighted by atomic mass is 9.84. The third-order valence-corrected chi connectivity index (χ3v) is 10.7. The normalized spacial score (nSPS) is 11.2. The fourth-order valence-electron chi connectivity index (χ4n) is 8.07. The van der Waals surface area contributed by atoms with Crippen molar-refractivity contribution in [3.63, 3.8) is 0 Å². The zero-order chi connectivity index (χ0) is 37.3. The number of hydrogen-bond acceptors (Lipinski definition) is 2. The van der Waals surface area contributed by atoms with Crippen LogP contribution in [-0.4, -0.2) is 0 Å². The molecule has 10 aromatic rings. The van der Waals surface area contributed by atoms with E-state index in [0.29, 0.717) is 0 Å². The second-order valence-electron chi connectivity index (χ2n) is 14.1. The maximum Gasteiger partial charge on any atom is 0.159 e. The fraction of sp³-hybridized carbons (Fsp3) is 0. The number of rotatable bonds is 8. The summed E-state index contributed by atoms with van der Waals surface area (Å²) in [5.74, 6) is 0. The average molecular weight is 716 g/mol. The van der Waals surface area contributed by atoms with E-state index < -0.39 is 0 Å². The van der Waals surface area contributed by atoms with Gasteiger partial charge in [-0.05, 0) is 92.0 Å². The standard InChI is InChI=1S/C54H37NO/c1-4-16-38(17-5-1)39-30-34-43(35-31-39)55(51-28-15-27-50-48-23-12-13-29-52(48)56-54(50)51)44-36-32-42(33-37-44)47-26-14-25-46(41-20-8-3-9-21-41)53(47)49-24-11-10-22-45(49)40-18-6-2-7-19-40/h1-37H. The number of hydrogen-bond donors (Lipinski definition) is 0. The fourth-order valence-corrected chi connectivity index (χ4v) is 8.07. The number of para-hydroxylation sites is 2. The third kappa shape index (κ3) is 6.04. The van der Waals surface area contributed by atoms with Crippen LogP contribution in [0.5, 0.6) is 0 Å². The molecule has 0 aliphatic carbocycles. The van der Waals surface area contributed by atoms with Crippen molar-refractivity contribution in [2.45, 2.75) is 0 Å². The second kappa shape index (κ2) is 14.4. The summed E-state index contributed by atoms with van der Waals surface area (Å²) in [5, 5.41) is 2.21. The Labute approximate surface area is 327 Å². The lowest BCUT2D eigenvalue weighted by Crippen LogP contribution is -2.10.